The van der Waals surface area contributed by atoms with Crippen molar-refractivity contribution in [2.24, 2.45) is 23.1 Å². The summed E-state index contributed by atoms with van der Waals surface area (Å²) in [4.78, 5) is 61.0. The number of aliphatic carboxylic acids is 2. The summed E-state index contributed by atoms with van der Waals surface area (Å²) >= 11 is 0. The highest BCUT2D eigenvalue weighted by atomic mass is 16.4. The first-order valence-corrected chi connectivity index (χ1v) is 12.5. The number of amides is 3. The van der Waals surface area contributed by atoms with Gasteiger partial charge in [-0.25, -0.2) is 4.79 Å². The Kier molecular flexibility index (Phi) is 17.1. The number of nitrogens with two attached hydrogens (primary N) is 3. The van der Waals surface area contributed by atoms with E-state index in [2.05, 4.69) is 16.0 Å². The lowest BCUT2D eigenvalue weighted by Crippen LogP contribution is -2.58. The summed E-state index contributed by atoms with van der Waals surface area (Å²) in [5.74, 6) is -4.71. The molecular weight excluding hydrogens is 472 g/mol. The molecule has 0 aromatic heterocycles. The van der Waals surface area contributed by atoms with Crippen LogP contribution in [0.25, 0.3) is 0 Å². The van der Waals surface area contributed by atoms with Crippen LogP contribution in [0.2, 0.25) is 0 Å². The SMILES string of the molecule is CCC(C)C(NC(=O)C(N)CCCCN)C(=O)NC(CCCCN)C(=O)NC(CCC(=O)O)C(=O)O. The molecule has 0 aliphatic carbocycles. The van der Waals surface area contributed by atoms with Gasteiger partial charge in [-0.3, -0.25) is 19.2 Å². The Morgan fingerprint density at radius 3 is 1.81 bits per heavy atom. The highest BCUT2D eigenvalue weighted by molar-refractivity contribution is 5.94. The third kappa shape index (κ3) is 13.4. The number of hydrogen-bond donors (Lipinski definition) is 8. The lowest BCUT2D eigenvalue weighted by molar-refractivity contribution is -0.143. The molecule has 3 amide bonds. The van der Waals surface area contributed by atoms with Gasteiger partial charge in [-0.05, 0) is 57.5 Å². The number of rotatable bonds is 20. The van der Waals surface area contributed by atoms with E-state index in [0.717, 1.165) is 6.42 Å². The molecule has 208 valence electrons. The number of unbranched alkanes of at least 4 members (excludes halogenated alkanes) is 2. The minimum Gasteiger partial charge on any atom is -0.481 e. The summed E-state index contributed by atoms with van der Waals surface area (Å²) in [6, 6.07) is -4.31. The van der Waals surface area contributed by atoms with Crippen LogP contribution in [0.5, 0.6) is 0 Å². The first kappa shape index (κ1) is 33.2. The summed E-state index contributed by atoms with van der Waals surface area (Å²) in [7, 11) is 0. The van der Waals surface area contributed by atoms with Crippen molar-refractivity contribution in [1.82, 2.24) is 16.0 Å². The molecule has 0 aliphatic heterocycles. The van der Waals surface area contributed by atoms with E-state index in [1.807, 2.05) is 6.92 Å². The van der Waals surface area contributed by atoms with Crippen molar-refractivity contribution in [2.45, 2.75) is 95.8 Å². The quantitative estimate of drug-likeness (QED) is 0.0919. The van der Waals surface area contributed by atoms with E-state index in [1.165, 1.54) is 0 Å². The third-order valence-electron chi connectivity index (χ3n) is 5.94. The molecular formula is C23H44N6O7. The minimum atomic E-state index is -1.43. The molecule has 36 heavy (non-hydrogen) atoms. The van der Waals surface area contributed by atoms with E-state index >= 15 is 0 Å². The van der Waals surface area contributed by atoms with Crippen molar-refractivity contribution in [2.75, 3.05) is 13.1 Å². The van der Waals surface area contributed by atoms with Crippen molar-refractivity contribution < 1.29 is 34.2 Å². The normalized spacial score (nSPS) is 15.1. The standard InChI is InChI=1S/C23H44N6O7/c1-3-14(2)19(29-20(32)15(26)8-4-6-12-24)22(34)27-16(9-5-7-13-25)21(33)28-17(23(35)36)10-11-18(30)31/h14-17,19H,3-13,24-26H2,1-2H3,(H,27,34)(H,28,33)(H,29,32)(H,30,31)(H,35,36). The van der Waals surface area contributed by atoms with Gasteiger partial charge in [-0.1, -0.05) is 26.7 Å². The van der Waals surface area contributed by atoms with Crippen molar-refractivity contribution in [3.8, 4) is 0 Å². The van der Waals surface area contributed by atoms with Gasteiger partial charge >= 0.3 is 11.9 Å². The third-order valence-corrected chi connectivity index (χ3v) is 5.94. The van der Waals surface area contributed by atoms with E-state index < -0.39 is 60.2 Å². The topological polar surface area (TPSA) is 240 Å². The van der Waals surface area contributed by atoms with Crippen molar-refractivity contribution in [1.29, 1.82) is 0 Å². The van der Waals surface area contributed by atoms with Crippen LogP contribution in [0.15, 0.2) is 0 Å². The van der Waals surface area contributed by atoms with Crippen LogP contribution in [-0.4, -0.2) is 77.1 Å². The maximum atomic E-state index is 13.2. The van der Waals surface area contributed by atoms with Gasteiger partial charge < -0.3 is 43.4 Å². The van der Waals surface area contributed by atoms with Gasteiger partial charge in [0.1, 0.15) is 18.1 Å². The van der Waals surface area contributed by atoms with Gasteiger partial charge in [-0.15, -0.1) is 0 Å². The first-order valence-electron chi connectivity index (χ1n) is 12.5. The Morgan fingerprint density at radius 1 is 0.750 bits per heavy atom. The minimum absolute atomic E-state index is 0.180. The van der Waals surface area contributed by atoms with Gasteiger partial charge in [0.15, 0.2) is 0 Å². The Labute approximate surface area is 212 Å². The molecule has 0 rings (SSSR count). The second-order valence-corrected chi connectivity index (χ2v) is 8.94. The maximum absolute atomic E-state index is 13.2. The fourth-order valence-electron chi connectivity index (χ4n) is 3.42. The van der Waals surface area contributed by atoms with Gasteiger partial charge in [-0.2, -0.15) is 0 Å². The zero-order valence-electron chi connectivity index (χ0n) is 21.3. The predicted octanol–water partition coefficient (Wildman–Crippen LogP) is -0.978. The van der Waals surface area contributed by atoms with Crippen LogP contribution in [-0.2, 0) is 24.0 Å². The van der Waals surface area contributed by atoms with E-state index in [9.17, 15) is 29.1 Å². The second kappa shape index (κ2) is 18.5. The largest absolute Gasteiger partial charge is 0.481 e. The molecule has 0 radical (unpaired) electrons. The number of hydrogen-bond acceptors (Lipinski definition) is 8. The zero-order chi connectivity index (χ0) is 27.7. The number of carboxylic acids is 2. The molecule has 0 aromatic rings. The van der Waals surface area contributed by atoms with Crippen LogP contribution in [0.3, 0.4) is 0 Å². The van der Waals surface area contributed by atoms with Crippen LogP contribution < -0.4 is 33.2 Å². The van der Waals surface area contributed by atoms with Crippen LogP contribution in [0.1, 0.15) is 71.6 Å². The van der Waals surface area contributed by atoms with Gasteiger partial charge in [0.05, 0.1) is 6.04 Å². The average Bonchev–Trinajstić information content (AvgIpc) is 2.83. The zero-order valence-corrected chi connectivity index (χ0v) is 21.3. The number of carbonyl (C=O) groups is 5. The molecule has 0 fully saturated rings. The number of carbonyl (C=O) groups excluding carboxylic acids is 3. The molecule has 5 atom stereocenters. The molecule has 0 saturated heterocycles. The summed E-state index contributed by atoms with van der Waals surface area (Å²) < 4.78 is 0. The molecule has 0 saturated carbocycles. The van der Waals surface area contributed by atoms with Crippen molar-refractivity contribution >= 4 is 29.7 Å². The molecule has 0 heterocycles. The smallest absolute Gasteiger partial charge is 0.326 e. The summed E-state index contributed by atoms with van der Waals surface area (Å²) in [6.45, 7) is 4.48. The highest BCUT2D eigenvalue weighted by Crippen LogP contribution is 2.11. The van der Waals surface area contributed by atoms with Gasteiger partial charge in [0, 0.05) is 6.42 Å². The van der Waals surface area contributed by atoms with Crippen LogP contribution >= 0.6 is 0 Å². The predicted molar refractivity (Wildman–Crippen MR) is 134 cm³/mol. The summed E-state index contributed by atoms with van der Waals surface area (Å²) in [6.07, 6.45) is 2.83. The average molecular weight is 517 g/mol. The molecule has 13 nitrogen and oxygen atoms in total. The fourth-order valence-corrected chi connectivity index (χ4v) is 3.42. The maximum Gasteiger partial charge on any atom is 0.326 e. The molecule has 11 N–H and O–H groups in total. The molecule has 5 unspecified atom stereocenters. The Bertz CT molecular complexity index is 721. The summed E-state index contributed by atoms with van der Waals surface area (Å²) in [5.41, 5.74) is 16.9. The Morgan fingerprint density at radius 2 is 1.31 bits per heavy atom. The van der Waals surface area contributed by atoms with Crippen molar-refractivity contribution in [3.05, 3.63) is 0 Å². The molecule has 0 spiro atoms. The van der Waals surface area contributed by atoms with Crippen molar-refractivity contribution in [3.63, 3.8) is 0 Å². The highest BCUT2D eigenvalue weighted by Gasteiger charge is 2.32. The molecule has 0 aromatic carbocycles. The van der Waals surface area contributed by atoms with E-state index in [0.29, 0.717) is 45.2 Å². The van der Waals surface area contributed by atoms with E-state index in [-0.39, 0.29) is 18.8 Å². The number of carboxylic acid groups (broad SMARTS) is 2. The van der Waals surface area contributed by atoms with Gasteiger partial charge in [0.2, 0.25) is 17.7 Å². The molecule has 0 bridgehead atoms. The fraction of sp³-hybridized carbons (Fsp3) is 0.783. The van der Waals surface area contributed by atoms with E-state index in [1.54, 1.807) is 6.92 Å². The lowest BCUT2D eigenvalue weighted by atomic mass is 9.96. The van der Waals surface area contributed by atoms with Crippen LogP contribution in [0.4, 0.5) is 0 Å². The lowest BCUT2D eigenvalue weighted by Gasteiger charge is -2.28. The Hall–Kier alpha value is -2.77. The molecule has 13 heteroatoms. The first-order chi connectivity index (χ1) is 17.0. The monoisotopic (exact) mass is 516 g/mol. The number of nitrogens with one attached hydrogen (secondary N) is 3. The Balaban J connectivity index is 5.50. The van der Waals surface area contributed by atoms with Crippen LogP contribution in [0, 0.1) is 5.92 Å². The summed E-state index contributed by atoms with van der Waals surface area (Å²) in [5, 5.41) is 25.8. The van der Waals surface area contributed by atoms with Gasteiger partial charge in [0.25, 0.3) is 0 Å². The molecule has 0 aliphatic rings. The second-order valence-electron chi connectivity index (χ2n) is 8.94. The van der Waals surface area contributed by atoms with E-state index in [4.69, 9.17) is 22.3 Å².